The first-order valence-electron chi connectivity index (χ1n) is 3.93. The molecule has 0 fully saturated rings. The number of rotatable bonds is 5. The normalized spacial score (nSPS) is 9.17. The molecule has 0 spiro atoms. The molecule has 0 atom stereocenters. The molecule has 0 radical (unpaired) electrons. The van der Waals surface area contributed by atoms with E-state index in [4.69, 9.17) is 0 Å². The molecule has 0 unspecified atom stereocenters. The minimum absolute atomic E-state index is 0.263. The average molecular weight is 174 g/mol. The molecule has 0 aliphatic heterocycles. The van der Waals surface area contributed by atoms with Gasteiger partial charge in [0.1, 0.15) is 0 Å². The molecule has 0 bridgehead atoms. The Balaban J connectivity index is 3.30. The maximum absolute atomic E-state index is 10.7. The first-order valence-corrected chi connectivity index (χ1v) is 3.93. The highest BCUT2D eigenvalue weighted by molar-refractivity contribution is 5.72. The van der Waals surface area contributed by atoms with Crippen molar-refractivity contribution in [1.82, 2.24) is 0 Å². The molecular formula is C8H14O4. The number of hydrogen-bond acceptors (Lipinski definition) is 4. The van der Waals surface area contributed by atoms with Crippen molar-refractivity contribution in [2.75, 3.05) is 13.7 Å². The van der Waals surface area contributed by atoms with Crippen LogP contribution in [0.1, 0.15) is 26.2 Å². The van der Waals surface area contributed by atoms with E-state index >= 15 is 0 Å². The number of hydrogen-bond donors (Lipinski definition) is 0. The van der Waals surface area contributed by atoms with Gasteiger partial charge in [-0.15, -0.1) is 0 Å². The monoisotopic (exact) mass is 174 g/mol. The molecule has 0 saturated carbocycles. The van der Waals surface area contributed by atoms with Crippen molar-refractivity contribution in [3.63, 3.8) is 0 Å². The molecular weight excluding hydrogens is 160 g/mol. The van der Waals surface area contributed by atoms with Crippen LogP contribution < -0.4 is 0 Å². The van der Waals surface area contributed by atoms with E-state index in [2.05, 4.69) is 9.47 Å². The molecule has 0 aliphatic carbocycles. The van der Waals surface area contributed by atoms with Gasteiger partial charge in [0, 0.05) is 12.8 Å². The summed E-state index contributed by atoms with van der Waals surface area (Å²) in [5.74, 6) is -0.555. The molecule has 0 aliphatic rings. The maximum Gasteiger partial charge on any atom is 0.305 e. The van der Waals surface area contributed by atoms with Gasteiger partial charge in [-0.3, -0.25) is 9.59 Å². The van der Waals surface area contributed by atoms with Gasteiger partial charge in [-0.2, -0.15) is 0 Å². The van der Waals surface area contributed by atoms with Crippen molar-refractivity contribution in [3.8, 4) is 0 Å². The Labute approximate surface area is 71.8 Å². The lowest BCUT2D eigenvalue weighted by molar-refractivity contribution is -0.144. The highest BCUT2D eigenvalue weighted by atomic mass is 16.5. The van der Waals surface area contributed by atoms with E-state index in [0.717, 1.165) is 0 Å². The Bertz CT molecular complexity index is 153. The van der Waals surface area contributed by atoms with Crippen molar-refractivity contribution in [2.24, 2.45) is 0 Å². The molecule has 12 heavy (non-hydrogen) atoms. The van der Waals surface area contributed by atoms with Gasteiger partial charge in [0.15, 0.2) is 0 Å². The second-order valence-electron chi connectivity index (χ2n) is 2.23. The molecule has 0 amide bonds. The predicted molar refractivity (Wildman–Crippen MR) is 42.5 cm³/mol. The highest BCUT2D eigenvalue weighted by Gasteiger charge is 2.04. The summed E-state index contributed by atoms with van der Waals surface area (Å²) in [5, 5.41) is 0. The first-order chi connectivity index (χ1) is 5.70. The lowest BCUT2D eigenvalue weighted by atomic mass is 10.2. The summed E-state index contributed by atoms with van der Waals surface area (Å²) in [4.78, 5) is 21.3. The van der Waals surface area contributed by atoms with Crippen LogP contribution in [-0.4, -0.2) is 25.7 Å². The largest absolute Gasteiger partial charge is 0.469 e. The lowest BCUT2D eigenvalue weighted by Crippen LogP contribution is -2.06. The van der Waals surface area contributed by atoms with Crippen LogP contribution in [0.2, 0.25) is 0 Å². The van der Waals surface area contributed by atoms with Crippen molar-refractivity contribution in [1.29, 1.82) is 0 Å². The molecule has 0 heterocycles. The first kappa shape index (κ1) is 10.9. The SMILES string of the molecule is CCOC(=O)CCCC(=O)OC. The minimum atomic E-state index is -0.292. The second kappa shape index (κ2) is 6.64. The van der Waals surface area contributed by atoms with E-state index in [9.17, 15) is 9.59 Å². The van der Waals surface area contributed by atoms with Crippen LogP contribution in [0.3, 0.4) is 0 Å². The van der Waals surface area contributed by atoms with Crippen LogP contribution in [0.15, 0.2) is 0 Å². The van der Waals surface area contributed by atoms with Gasteiger partial charge in [0.05, 0.1) is 13.7 Å². The molecule has 4 heteroatoms. The standard InChI is InChI=1S/C8H14O4/c1-3-12-8(10)6-4-5-7(9)11-2/h3-6H2,1-2H3. The van der Waals surface area contributed by atoms with Gasteiger partial charge in [-0.25, -0.2) is 0 Å². The average Bonchev–Trinajstić information content (AvgIpc) is 2.04. The van der Waals surface area contributed by atoms with Gasteiger partial charge in [-0.05, 0) is 13.3 Å². The molecule has 70 valence electrons. The van der Waals surface area contributed by atoms with Gasteiger partial charge < -0.3 is 9.47 Å². The Morgan fingerprint density at radius 1 is 1.17 bits per heavy atom. The third-order valence-electron chi connectivity index (χ3n) is 1.29. The number of carbonyl (C=O) groups is 2. The van der Waals surface area contributed by atoms with Gasteiger partial charge in [0.2, 0.25) is 0 Å². The molecule has 0 aromatic rings. The van der Waals surface area contributed by atoms with E-state index in [1.165, 1.54) is 7.11 Å². The zero-order valence-electron chi connectivity index (χ0n) is 7.46. The number of esters is 2. The molecule has 0 aromatic heterocycles. The quantitative estimate of drug-likeness (QED) is 0.581. The molecule has 0 N–H and O–H groups in total. The zero-order valence-corrected chi connectivity index (χ0v) is 7.46. The summed E-state index contributed by atoms with van der Waals surface area (Å²) in [6.45, 7) is 2.13. The van der Waals surface area contributed by atoms with Crippen LogP contribution in [0.25, 0.3) is 0 Å². The van der Waals surface area contributed by atoms with Crippen molar-refractivity contribution in [2.45, 2.75) is 26.2 Å². The fourth-order valence-corrected chi connectivity index (χ4v) is 0.712. The van der Waals surface area contributed by atoms with Crippen molar-refractivity contribution >= 4 is 11.9 Å². The smallest absolute Gasteiger partial charge is 0.305 e. The number of carbonyl (C=O) groups excluding carboxylic acids is 2. The molecule has 0 rings (SSSR count). The fraction of sp³-hybridized carbons (Fsp3) is 0.750. The zero-order chi connectivity index (χ0) is 9.40. The summed E-state index contributed by atoms with van der Waals surface area (Å²) in [5.41, 5.74) is 0. The van der Waals surface area contributed by atoms with Crippen molar-refractivity contribution < 1.29 is 19.1 Å². The van der Waals surface area contributed by atoms with Gasteiger partial charge >= 0.3 is 11.9 Å². The van der Waals surface area contributed by atoms with E-state index in [0.29, 0.717) is 13.0 Å². The summed E-state index contributed by atoms with van der Waals surface area (Å²) in [6.07, 6.45) is 1.05. The summed E-state index contributed by atoms with van der Waals surface area (Å²) >= 11 is 0. The Morgan fingerprint density at radius 3 is 2.25 bits per heavy atom. The molecule has 0 saturated heterocycles. The summed E-state index contributed by atoms with van der Waals surface area (Å²) in [7, 11) is 1.33. The molecule has 0 aromatic carbocycles. The topological polar surface area (TPSA) is 52.6 Å². The lowest BCUT2D eigenvalue weighted by Gasteiger charge is -2.00. The Kier molecular flexibility index (Phi) is 6.05. The van der Waals surface area contributed by atoms with Crippen LogP contribution >= 0.6 is 0 Å². The van der Waals surface area contributed by atoms with E-state index < -0.39 is 0 Å². The van der Waals surface area contributed by atoms with Crippen LogP contribution in [-0.2, 0) is 19.1 Å². The summed E-state index contributed by atoms with van der Waals surface area (Å²) < 4.78 is 9.07. The van der Waals surface area contributed by atoms with Gasteiger partial charge in [0.25, 0.3) is 0 Å². The third kappa shape index (κ3) is 5.70. The molecule has 4 nitrogen and oxygen atoms in total. The second-order valence-corrected chi connectivity index (χ2v) is 2.23. The Hall–Kier alpha value is -1.06. The van der Waals surface area contributed by atoms with E-state index in [1.54, 1.807) is 6.92 Å². The van der Waals surface area contributed by atoms with Gasteiger partial charge in [-0.1, -0.05) is 0 Å². The third-order valence-corrected chi connectivity index (χ3v) is 1.29. The predicted octanol–water partition coefficient (Wildman–Crippen LogP) is 0.893. The van der Waals surface area contributed by atoms with Crippen LogP contribution in [0.4, 0.5) is 0 Å². The fourth-order valence-electron chi connectivity index (χ4n) is 0.712. The summed E-state index contributed by atoms with van der Waals surface area (Å²) in [6, 6.07) is 0. The minimum Gasteiger partial charge on any atom is -0.469 e. The maximum atomic E-state index is 10.7. The van der Waals surface area contributed by atoms with Crippen molar-refractivity contribution in [3.05, 3.63) is 0 Å². The number of ether oxygens (including phenoxy) is 2. The Morgan fingerprint density at radius 2 is 1.75 bits per heavy atom. The van der Waals surface area contributed by atoms with Crippen LogP contribution in [0.5, 0.6) is 0 Å². The van der Waals surface area contributed by atoms with Crippen LogP contribution in [0, 0.1) is 0 Å². The van der Waals surface area contributed by atoms with E-state index in [-0.39, 0.29) is 24.8 Å². The van der Waals surface area contributed by atoms with E-state index in [1.807, 2.05) is 0 Å². The number of methoxy groups -OCH3 is 1. The highest BCUT2D eigenvalue weighted by Crippen LogP contribution is 1.98.